The molecule has 7 heteroatoms. The zero-order valence-electron chi connectivity index (χ0n) is 14.1. The molecule has 0 aliphatic rings. The van der Waals surface area contributed by atoms with E-state index in [2.05, 4.69) is 26.2 Å². The van der Waals surface area contributed by atoms with Gasteiger partial charge in [-0.25, -0.2) is 14.6 Å². The Hall–Kier alpha value is -2.93. The Balaban J connectivity index is 2.34. The minimum atomic E-state index is -0.716. The molecule has 6 nitrogen and oxygen atoms in total. The third-order valence-corrected chi connectivity index (χ3v) is 4.49. The van der Waals surface area contributed by atoms with E-state index in [1.165, 1.54) is 14.2 Å². The highest BCUT2D eigenvalue weighted by atomic mass is 79.9. The maximum absolute atomic E-state index is 12.5. The van der Waals surface area contributed by atoms with Gasteiger partial charge in [0, 0.05) is 9.86 Å². The molecular formula is C19H15BrN2O4. The lowest BCUT2D eigenvalue weighted by atomic mass is 10.0. The molecule has 0 saturated heterocycles. The number of fused-ring (bicyclic) bond motifs is 1. The second-order valence-electron chi connectivity index (χ2n) is 5.32. The van der Waals surface area contributed by atoms with Gasteiger partial charge in [0.15, 0.2) is 5.69 Å². The van der Waals surface area contributed by atoms with Gasteiger partial charge >= 0.3 is 11.9 Å². The molecule has 0 radical (unpaired) electrons. The van der Waals surface area contributed by atoms with Gasteiger partial charge in [0.25, 0.3) is 0 Å². The summed E-state index contributed by atoms with van der Waals surface area (Å²) in [5.74, 6) is -1.40. The zero-order valence-corrected chi connectivity index (χ0v) is 15.7. The first-order chi connectivity index (χ1) is 12.6. The minimum Gasteiger partial charge on any atom is -0.465 e. The molecule has 0 unspecified atom stereocenters. The summed E-state index contributed by atoms with van der Waals surface area (Å²) in [6, 6.07) is 14.6. The SMILES string of the molecule is COC(=O)c1nc2ccccc2c(Nc2ccccc2Br)c1C(=O)OC. The summed E-state index contributed by atoms with van der Waals surface area (Å²) in [6.07, 6.45) is 0. The predicted octanol–water partition coefficient (Wildman–Crippen LogP) is 4.31. The lowest BCUT2D eigenvalue weighted by Crippen LogP contribution is -2.17. The first-order valence-electron chi connectivity index (χ1n) is 7.67. The first-order valence-corrected chi connectivity index (χ1v) is 8.47. The molecule has 3 rings (SSSR count). The summed E-state index contributed by atoms with van der Waals surface area (Å²) in [4.78, 5) is 29.0. The molecule has 0 saturated carbocycles. The normalized spacial score (nSPS) is 10.4. The van der Waals surface area contributed by atoms with Crippen LogP contribution in [-0.2, 0) is 9.47 Å². The number of nitrogens with zero attached hydrogens (tertiary/aromatic N) is 1. The van der Waals surface area contributed by atoms with Crippen LogP contribution in [0, 0.1) is 0 Å². The third-order valence-electron chi connectivity index (χ3n) is 3.79. The number of ether oxygens (including phenoxy) is 2. The van der Waals surface area contributed by atoms with Crippen LogP contribution >= 0.6 is 15.9 Å². The molecule has 0 aliphatic carbocycles. The van der Waals surface area contributed by atoms with Gasteiger partial charge in [-0.2, -0.15) is 0 Å². The van der Waals surface area contributed by atoms with Gasteiger partial charge in [-0.05, 0) is 34.1 Å². The van der Waals surface area contributed by atoms with Crippen LogP contribution < -0.4 is 5.32 Å². The number of carbonyl (C=O) groups excluding carboxylic acids is 2. The van der Waals surface area contributed by atoms with E-state index in [4.69, 9.17) is 9.47 Å². The van der Waals surface area contributed by atoms with Crippen molar-refractivity contribution in [3.8, 4) is 0 Å². The van der Waals surface area contributed by atoms with Crippen LogP contribution in [0.15, 0.2) is 53.0 Å². The quantitative estimate of drug-likeness (QED) is 0.640. The van der Waals surface area contributed by atoms with Crippen molar-refractivity contribution in [3.63, 3.8) is 0 Å². The number of nitrogens with one attached hydrogen (secondary N) is 1. The molecule has 1 heterocycles. The van der Waals surface area contributed by atoms with Crippen LogP contribution in [-0.4, -0.2) is 31.1 Å². The molecule has 132 valence electrons. The Morgan fingerprint density at radius 3 is 2.31 bits per heavy atom. The Labute approximate surface area is 158 Å². The Kier molecular flexibility index (Phi) is 5.18. The molecule has 0 fully saturated rings. The number of methoxy groups -OCH3 is 2. The number of rotatable bonds is 4. The molecule has 0 spiro atoms. The van der Waals surface area contributed by atoms with Crippen LogP contribution in [0.2, 0.25) is 0 Å². The standard InChI is InChI=1S/C19H15BrN2O4/c1-25-18(23)15-16(22-14-10-6-4-8-12(14)20)11-7-3-5-9-13(11)21-17(15)19(24)26-2/h3-10H,1-2H3,(H,21,22). The van der Waals surface area contributed by atoms with E-state index in [1.807, 2.05) is 36.4 Å². The highest BCUT2D eigenvalue weighted by molar-refractivity contribution is 9.10. The van der Waals surface area contributed by atoms with Gasteiger partial charge < -0.3 is 14.8 Å². The van der Waals surface area contributed by atoms with Crippen molar-refractivity contribution in [2.24, 2.45) is 0 Å². The molecule has 2 aromatic carbocycles. The van der Waals surface area contributed by atoms with E-state index in [-0.39, 0.29) is 11.3 Å². The van der Waals surface area contributed by atoms with Gasteiger partial charge in [0.2, 0.25) is 0 Å². The number of halogens is 1. The molecule has 0 bridgehead atoms. The van der Waals surface area contributed by atoms with Crippen LogP contribution in [0.3, 0.4) is 0 Å². The summed E-state index contributed by atoms with van der Waals surface area (Å²) in [5, 5.41) is 3.90. The van der Waals surface area contributed by atoms with Gasteiger partial charge in [-0.1, -0.05) is 30.3 Å². The third kappa shape index (κ3) is 3.25. The summed E-state index contributed by atoms with van der Waals surface area (Å²) < 4.78 is 10.5. The molecule has 1 aromatic heterocycles. The second kappa shape index (κ2) is 7.53. The molecule has 0 atom stereocenters. The van der Waals surface area contributed by atoms with E-state index < -0.39 is 11.9 Å². The van der Waals surface area contributed by atoms with E-state index >= 15 is 0 Å². The fourth-order valence-corrected chi connectivity index (χ4v) is 2.97. The van der Waals surface area contributed by atoms with Crippen molar-refractivity contribution >= 4 is 50.1 Å². The van der Waals surface area contributed by atoms with Crippen LogP contribution in [0.1, 0.15) is 20.8 Å². The minimum absolute atomic E-state index is 0.0220. The van der Waals surface area contributed by atoms with Gasteiger partial charge in [0.1, 0.15) is 5.56 Å². The number of hydrogen-bond donors (Lipinski definition) is 1. The number of anilines is 2. The monoisotopic (exact) mass is 414 g/mol. The van der Waals surface area contributed by atoms with E-state index in [0.717, 1.165) is 10.2 Å². The molecular weight excluding hydrogens is 400 g/mol. The van der Waals surface area contributed by atoms with E-state index in [0.29, 0.717) is 16.6 Å². The number of carbonyl (C=O) groups is 2. The summed E-state index contributed by atoms with van der Waals surface area (Å²) in [7, 11) is 2.49. The van der Waals surface area contributed by atoms with Gasteiger partial charge in [-0.15, -0.1) is 0 Å². The molecule has 1 N–H and O–H groups in total. The lowest BCUT2D eigenvalue weighted by Gasteiger charge is -2.17. The van der Waals surface area contributed by atoms with Crippen molar-refractivity contribution in [1.29, 1.82) is 0 Å². The van der Waals surface area contributed by atoms with Crippen LogP contribution in [0.5, 0.6) is 0 Å². The predicted molar refractivity (Wildman–Crippen MR) is 102 cm³/mol. The topological polar surface area (TPSA) is 77.5 Å². The maximum atomic E-state index is 12.5. The summed E-state index contributed by atoms with van der Waals surface area (Å²) in [5.41, 5.74) is 1.62. The molecule has 3 aromatic rings. The number of esters is 2. The Morgan fingerprint density at radius 2 is 1.62 bits per heavy atom. The fourth-order valence-electron chi connectivity index (χ4n) is 2.58. The van der Waals surface area contributed by atoms with Crippen molar-refractivity contribution in [2.75, 3.05) is 19.5 Å². The van der Waals surface area contributed by atoms with Crippen LogP contribution in [0.25, 0.3) is 10.9 Å². The van der Waals surface area contributed by atoms with Crippen molar-refractivity contribution in [1.82, 2.24) is 4.98 Å². The molecule has 26 heavy (non-hydrogen) atoms. The summed E-state index contributed by atoms with van der Waals surface area (Å²) >= 11 is 3.47. The number of aromatic nitrogens is 1. The van der Waals surface area contributed by atoms with Gasteiger partial charge in [-0.3, -0.25) is 0 Å². The maximum Gasteiger partial charge on any atom is 0.357 e. The van der Waals surface area contributed by atoms with Crippen molar-refractivity contribution in [2.45, 2.75) is 0 Å². The first kappa shape index (κ1) is 17.9. The smallest absolute Gasteiger partial charge is 0.357 e. The van der Waals surface area contributed by atoms with E-state index in [9.17, 15) is 9.59 Å². The largest absolute Gasteiger partial charge is 0.465 e. The number of pyridine rings is 1. The lowest BCUT2D eigenvalue weighted by molar-refractivity contribution is 0.0551. The molecule has 0 aliphatic heterocycles. The summed E-state index contributed by atoms with van der Waals surface area (Å²) in [6.45, 7) is 0. The number of hydrogen-bond acceptors (Lipinski definition) is 6. The van der Waals surface area contributed by atoms with Crippen molar-refractivity contribution in [3.05, 3.63) is 64.3 Å². The van der Waals surface area contributed by atoms with Gasteiger partial charge in [0.05, 0.1) is 31.1 Å². The Morgan fingerprint density at radius 1 is 0.962 bits per heavy atom. The Bertz CT molecular complexity index is 1000. The number of benzene rings is 2. The highest BCUT2D eigenvalue weighted by Crippen LogP contribution is 2.34. The second-order valence-corrected chi connectivity index (χ2v) is 6.17. The average molecular weight is 415 g/mol. The fraction of sp³-hybridized carbons (Fsp3) is 0.105. The average Bonchev–Trinajstić information content (AvgIpc) is 2.68. The highest BCUT2D eigenvalue weighted by Gasteiger charge is 2.27. The van der Waals surface area contributed by atoms with Crippen LogP contribution in [0.4, 0.5) is 11.4 Å². The molecule has 0 amide bonds. The van der Waals surface area contributed by atoms with Crippen molar-refractivity contribution < 1.29 is 19.1 Å². The van der Waals surface area contributed by atoms with E-state index in [1.54, 1.807) is 12.1 Å². The zero-order chi connectivity index (χ0) is 18.7. The number of para-hydroxylation sites is 2.